The average molecular weight is 574 g/mol. The van der Waals surface area contributed by atoms with Crippen LogP contribution in [0.25, 0.3) is 0 Å². The zero-order valence-corrected chi connectivity index (χ0v) is 22.8. The van der Waals surface area contributed by atoms with Crippen molar-refractivity contribution in [2.75, 3.05) is 12.0 Å². The zero-order valence-electron chi connectivity index (χ0n) is 22.0. The van der Waals surface area contributed by atoms with E-state index in [1.165, 1.54) is 43.5 Å². The normalized spacial score (nSPS) is 25.4. The molecule has 4 aliphatic rings. The Morgan fingerprint density at radius 2 is 1.83 bits per heavy atom. The highest BCUT2D eigenvalue weighted by atomic mass is 35.5. The first-order chi connectivity index (χ1) is 19.5. The molecule has 41 heavy (non-hydrogen) atoms. The molecule has 2 N–H and O–H groups in total. The number of hydrogen-bond donors (Lipinski definition) is 2. The zero-order chi connectivity index (χ0) is 29.3. The molecule has 1 saturated heterocycles. The molecule has 0 radical (unpaired) electrons. The molecule has 0 bridgehead atoms. The Morgan fingerprint density at radius 1 is 1.07 bits per heavy atom. The minimum Gasteiger partial charge on any atom is -0.503 e. The summed E-state index contributed by atoms with van der Waals surface area (Å²) in [5.74, 6) is -5.79. The lowest BCUT2D eigenvalue weighted by Crippen LogP contribution is -2.39. The number of rotatable bonds is 4. The smallest absolute Gasteiger partial charge is 0.335 e. The number of anilines is 1. The van der Waals surface area contributed by atoms with Gasteiger partial charge in [0.15, 0.2) is 23.1 Å². The third kappa shape index (κ3) is 3.94. The number of phenols is 1. The van der Waals surface area contributed by atoms with Crippen molar-refractivity contribution in [2.45, 2.75) is 25.7 Å². The fourth-order valence-corrected chi connectivity index (χ4v) is 6.91. The van der Waals surface area contributed by atoms with Crippen LogP contribution in [-0.2, 0) is 19.2 Å². The van der Waals surface area contributed by atoms with Crippen LogP contribution in [0.4, 0.5) is 5.69 Å². The molecule has 4 unspecified atom stereocenters. The number of aromatic hydroxyl groups is 1. The van der Waals surface area contributed by atoms with Gasteiger partial charge in [-0.3, -0.25) is 24.1 Å². The highest BCUT2D eigenvalue weighted by Crippen LogP contribution is 2.56. The Balaban J connectivity index is 1.49. The van der Waals surface area contributed by atoms with Gasteiger partial charge in [0.1, 0.15) is 0 Å². The lowest BCUT2D eigenvalue weighted by atomic mass is 9.59. The molecule has 2 aromatic carbocycles. The molecule has 10 heteroatoms. The maximum atomic E-state index is 14.0. The summed E-state index contributed by atoms with van der Waals surface area (Å²) in [6, 6.07) is 8.72. The van der Waals surface area contributed by atoms with Crippen LogP contribution in [0.5, 0.6) is 11.5 Å². The summed E-state index contributed by atoms with van der Waals surface area (Å²) in [5.41, 5.74) is 2.19. The third-order valence-corrected chi connectivity index (χ3v) is 8.81. The Morgan fingerprint density at radius 3 is 2.54 bits per heavy atom. The summed E-state index contributed by atoms with van der Waals surface area (Å²) in [4.78, 5) is 67.0. The van der Waals surface area contributed by atoms with E-state index in [9.17, 15) is 34.2 Å². The van der Waals surface area contributed by atoms with Gasteiger partial charge in [0.05, 0.1) is 35.2 Å². The van der Waals surface area contributed by atoms with Gasteiger partial charge in [-0.05, 0) is 67.7 Å². The van der Waals surface area contributed by atoms with Crippen molar-refractivity contribution < 1.29 is 38.9 Å². The van der Waals surface area contributed by atoms with Gasteiger partial charge in [-0.15, -0.1) is 0 Å². The molecule has 2 aromatic rings. The molecule has 0 spiro atoms. The maximum Gasteiger partial charge on any atom is 0.335 e. The SMILES string of the molecule is COc1cc(C2C3=CCC4C(=O)N(c5cccc(C(=O)O)c5)C(=O)C4C3CC3=C2C(=O)C(C)=CC3=O)cc(Cl)c1O. The minimum absolute atomic E-state index is 0.00336. The van der Waals surface area contributed by atoms with E-state index in [1.54, 1.807) is 13.0 Å². The summed E-state index contributed by atoms with van der Waals surface area (Å²) >= 11 is 6.34. The van der Waals surface area contributed by atoms with Crippen LogP contribution in [0.15, 0.2) is 70.8 Å². The van der Waals surface area contributed by atoms with Crippen molar-refractivity contribution in [2.24, 2.45) is 17.8 Å². The van der Waals surface area contributed by atoms with Gasteiger partial charge < -0.3 is 14.9 Å². The summed E-state index contributed by atoms with van der Waals surface area (Å²) in [6.45, 7) is 1.57. The van der Waals surface area contributed by atoms with Crippen LogP contribution in [0.2, 0.25) is 5.02 Å². The summed E-state index contributed by atoms with van der Waals surface area (Å²) < 4.78 is 5.31. The van der Waals surface area contributed by atoms with Crippen LogP contribution >= 0.6 is 11.6 Å². The van der Waals surface area contributed by atoms with Gasteiger partial charge in [0.2, 0.25) is 11.8 Å². The molecule has 2 amide bonds. The first-order valence-corrected chi connectivity index (χ1v) is 13.4. The average Bonchev–Trinajstić information content (AvgIpc) is 3.21. The number of benzene rings is 2. The van der Waals surface area contributed by atoms with Crippen molar-refractivity contribution in [3.05, 3.63) is 87.0 Å². The van der Waals surface area contributed by atoms with Crippen LogP contribution in [0.3, 0.4) is 0 Å². The number of halogens is 1. The lowest BCUT2D eigenvalue weighted by Gasteiger charge is -2.42. The van der Waals surface area contributed by atoms with E-state index in [1.807, 2.05) is 6.08 Å². The number of Topliss-reactive ketones (excluding diaryl/α,β-unsaturated/α-hetero) is 1. The van der Waals surface area contributed by atoms with Crippen molar-refractivity contribution >= 4 is 46.6 Å². The van der Waals surface area contributed by atoms with E-state index < -0.39 is 41.5 Å². The van der Waals surface area contributed by atoms with Gasteiger partial charge in [-0.1, -0.05) is 29.3 Å². The first-order valence-electron chi connectivity index (χ1n) is 13.0. The van der Waals surface area contributed by atoms with Crippen LogP contribution < -0.4 is 9.64 Å². The monoisotopic (exact) mass is 573 g/mol. The number of methoxy groups -OCH3 is 1. The van der Waals surface area contributed by atoms with Crippen LogP contribution in [-0.4, -0.2) is 46.7 Å². The van der Waals surface area contributed by atoms with Gasteiger partial charge in [-0.25, -0.2) is 4.79 Å². The largest absolute Gasteiger partial charge is 0.503 e. The minimum atomic E-state index is -1.19. The number of carboxylic acid groups (broad SMARTS) is 1. The molecular weight excluding hydrogens is 550 g/mol. The summed E-state index contributed by atoms with van der Waals surface area (Å²) in [7, 11) is 1.37. The van der Waals surface area contributed by atoms with Gasteiger partial charge >= 0.3 is 5.97 Å². The third-order valence-electron chi connectivity index (χ3n) is 8.52. The molecule has 1 heterocycles. The van der Waals surface area contributed by atoms with Gasteiger partial charge in [0.25, 0.3) is 0 Å². The van der Waals surface area contributed by atoms with E-state index in [0.29, 0.717) is 22.3 Å². The number of allylic oxidation sites excluding steroid dienone is 6. The van der Waals surface area contributed by atoms with Crippen molar-refractivity contribution in [1.82, 2.24) is 0 Å². The highest BCUT2D eigenvalue weighted by Gasteiger charge is 2.56. The van der Waals surface area contributed by atoms with E-state index in [-0.39, 0.29) is 57.8 Å². The second-order valence-corrected chi connectivity index (χ2v) is 11.1. The Bertz CT molecular complexity index is 1700. The Kier molecular flexibility index (Phi) is 6.22. The second-order valence-electron chi connectivity index (χ2n) is 10.6. The van der Waals surface area contributed by atoms with E-state index >= 15 is 0 Å². The second kappa shape index (κ2) is 9.55. The fraction of sp³-hybridized carbons (Fsp3) is 0.258. The van der Waals surface area contributed by atoms with Crippen molar-refractivity contribution in [3.63, 3.8) is 0 Å². The number of ketones is 2. The number of imide groups is 1. The maximum absolute atomic E-state index is 14.0. The van der Waals surface area contributed by atoms with Gasteiger partial charge in [0, 0.05) is 22.6 Å². The first kappa shape index (κ1) is 26.7. The van der Waals surface area contributed by atoms with E-state index in [2.05, 4.69) is 0 Å². The number of hydrogen-bond acceptors (Lipinski definition) is 7. The number of nitrogens with zero attached hydrogens (tertiary/aromatic N) is 1. The molecule has 4 atom stereocenters. The van der Waals surface area contributed by atoms with Crippen LogP contribution in [0, 0.1) is 17.8 Å². The number of aromatic carboxylic acids is 1. The highest BCUT2D eigenvalue weighted by molar-refractivity contribution is 6.32. The van der Waals surface area contributed by atoms with Crippen LogP contribution in [0.1, 0.15) is 41.6 Å². The lowest BCUT2D eigenvalue weighted by molar-refractivity contribution is -0.123. The van der Waals surface area contributed by atoms with E-state index in [0.717, 1.165) is 4.90 Å². The summed E-state index contributed by atoms with van der Waals surface area (Å²) in [6.07, 6.45) is 3.47. The number of phenolic OH excluding ortho intramolecular Hbond substituents is 1. The number of carbonyl (C=O) groups is 5. The Labute approximate surface area is 239 Å². The Hall–Kier alpha value is -4.50. The van der Waals surface area contributed by atoms with Crippen molar-refractivity contribution in [1.29, 1.82) is 0 Å². The standard InChI is InChI=1S/C31H24ClNO8/c1-13-8-22(34)20-12-19-17(24(26(20)27(13)35)15-10-21(32)28(36)23(11-15)41-2)6-7-18-25(19)30(38)33(29(18)37)16-5-3-4-14(9-16)31(39)40/h3-6,8-11,18-19,24-25,36H,7,12H2,1-2H3,(H,39,40). The molecule has 208 valence electrons. The number of carbonyl (C=O) groups excluding carboxylic acids is 4. The number of fused-ring (bicyclic) bond motifs is 3. The topological polar surface area (TPSA) is 138 Å². The molecule has 0 aromatic heterocycles. The number of amides is 2. The molecule has 3 aliphatic carbocycles. The van der Waals surface area contributed by atoms with Gasteiger partial charge in [-0.2, -0.15) is 0 Å². The van der Waals surface area contributed by atoms with E-state index in [4.69, 9.17) is 16.3 Å². The quantitative estimate of drug-likeness (QED) is 0.312. The molecular formula is C31H24ClNO8. The molecule has 9 nitrogen and oxygen atoms in total. The number of carboxylic acids is 1. The number of ether oxygens (including phenoxy) is 1. The predicted octanol–water partition coefficient (Wildman–Crippen LogP) is 4.39. The fourth-order valence-electron chi connectivity index (χ4n) is 6.69. The molecule has 6 rings (SSSR count). The summed E-state index contributed by atoms with van der Waals surface area (Å²) in [5, 5.41) is 19.8. The predicted molar refractivity (Wildman–Crippen MR) is 147 cm³/mol. The molecule has 0 saturated carbocycles. The molecule has 1 aliphatic heterocycles. The molecule has 1 fully saturated rings. The van der Waals surface area contributed by atoms with Crippen molar-refractivity contribution in [3.8, 4) is 11.5 Å².